The molecular formula is C18H21P. The van der Waals surface area contributed by atoms with Crippen LogP contribution >= 0.6 is 7.92 Å². The first-order chi connectivity index (χ1) is 9.42. The van der Waals surface area contributed by atoms with Gasteiger partial charge in [0.05, 0.1) is 0 Å². The van der Waals surface area contributed by atoms with Crippen LogP contribution in [0.15, 0.2) is 72.6 Å². The van der Waals surface area contributed by atoms with Crippen molar-refractivity contribution in [2.24, 2.45) is 0 Å². The topological polar surface area (TPSA) is 0 Å². The molecular weight excluding hydrogens is 247 g/mol. The predicted molar refractivity (Wildman–Crippen MR) is 87.7 cm³/mol. The van der Waals surface area contributed by atoms with Crippen LogP contribution in [-0.2, 0) is 0 Å². The molecule has 0 fully saturated rings. The Kier molecular flexibility index (Phi) is 5.85. The predicted octanol–water partition coefficient (Wildman–Crippen LogP) is 4.82. The van der Waals surface area contributed by atoms with Gasteiger partial charge in [-0.05, 0) is 25.0 Å². The van der Waals surface area contributed by atoms with Crippen LogP contribution in [0.5, 0.6) is 0 Å². The number of hydrogen-bond donors (Lipinski definition) is 0. The van der Waals surface area contributed by atoms with Gasteiger partial charge in [-0.15, -0.1) is 0 Å². The molecule has 0 amide bonds. The van der Waals surface area contributed by atoms with Crippen molar-refractivity contribution in [1.29, 1.82) is 0 Å². The first kappa shape index (κ1) is 14.0. The van der Waals surface area contributed by atoms with Gasteiger partial charge in [-0.1, -0.05) is 92.3 Å². The van der Waals surface area contributed by atoms with Gasteiger partial charge in [0.2, 0.25) is 0 Å². The highest BCUT2D eigenvalue weighted by molar-refractivity contribution is 7.75. The molecule has 2 rings (SSSR count). The minimum atomic E-state index is -0.348. The van der Waals surface area contributed by atoms with E-state index in [1.165, 1.54) is 29.9 Å². The molecule has 0 spiro atoms. The Morgan fingerprint density at radius 3 is 1.84 bits per heavy atom. The summed E-state index contributed by atoms with van der Waals surface area (Å²) in [5.74, 6) is 2.41. The van der Waals surface area contributed by atoms with Gasteiger partial charge in [0.1, 0.15) is 0 Å². The number of benzene rings is 2. The summed E-state index contributed by atoms with van der Waals surface area (Å²) in [5, 5.41) is 2.85. The average molecular weight is 268 g/mol. The van der Waals surface area contributed by atoms with Crippen LogP contribution in [0, 0.1) is 0 Å². The zero-order valence-corrected chi connectivity index (χ0v) is 12.4. The first-order valence-corrected chi connectivity index (χ1v) is 8.39. The van der Waals surface area contributed by atoms with E-state index in [4.69, 9.17) is 0 Å². The van der Waals surface area contributed by atoms with Gasteiger partial charge >= 0.3 is 0 Å². The van der Waals surface area contributed by atoms with Crippen LogP contribution in [0.2, 0.25) is 0 Å². The normalized spacial score (nSPS) is 11.3. The molecule has 0 nitrogen and oxygen atoms in total. The summed E-state index contributed by atoms with van der Waals surface area (Å²) < 4.78 is 0. The van der Waals surface area contributed by atoms with Crippen molar-refractivity contribution in [3.05, 3.63) is 72.6 Å². The summed E-state index contributed by atoms with van der Waals surface area (Å²) >= 11 is 0. The van der Waals surface area contributed by atoms with Crippen molar-refractivity contribution in [1.82, 2.24) is 0 Å². The summed E-state index contributed by atoms with van der Waals surface area (Å²) in [6.45, 7) is 2.24. The van der Waals surface area contributed by atoms with Crippen molar-refractivity contribution in [3.8, 4) is 0 Å². The smallest absolute Gasteiger partial charge is 0.0157 e. The van der Waals surface area contributed by atoms with E-state index in [2.05, 4.69) is 79.5 Å². The number of rotatable bonds is 6. The quantitative estimate of drug-likeness (QED) is 0.520. The van der Waals surface area contributed by atoms with Crippen molar-refractivity contribution in [2.75, 3.05) is 0 Å². The van der Waals surface area contributed by atoms with Gasteiger partial charge in [-0.3, -0.25) is 0 Å². The highest BCUT2D eigenvalue weighted by Gasteiger charge is 2.08. The van der Waals surface area contributed by atoms with E-state index in [0.29, 0.717) is 0 Å². The molecule has 0 aromatic heterocycles. The molecule has 0 atom stereocenters. The van der Waals surface area contributed by atoms with E-state index in [0.717, 1.165) is 0 Å². The van der Waals surface area contributed by atoms with Gasteiger partial charge < -0.3 is 0 Å². The number of hydrogen-bond acceptors (Lipinski definition) is 0. The van der Waals surface area contributed by atoms with Gasteiger partial charge in [0.15, 0.2) is 0 Å². The van der Waals surface area contributed by atoms with E-state index < -0.39 is 0 Å². The van der Waals surface area contributed by atoms with Crippen molar-refractivity contribution >= 4 is 18.5 Å². The summed E-state index contributed by atoms with van der Waals surface area (Å²) in [6, 6.07) is 21.7. The zero-order valence-electron chi connectivity index (χ0n) is 11.5. The molecule has 0 aliphatic heterocycles. The molecule has 0 radical (unpaired) electrons. The second-order valence-electron chi connectivity index (χ2n) is 4.57. The lowest BCUT2D eigenvalue weighted by molar-refractivity contribution is 0.815. The van der Waals surface area contributed by atoms with Crippen LogP contribution in [0.3, 0.4) is 0 Å². The number of allylic oxidation sites excluding steroid dienone is 1. The molecule has 2 aromatic carbocycles. The van der Waals surface area contributed by atoms with Crippen LogP contribution in [0.25, 0.3) is 0 Å². The molecule has 0 unspecified atom stereocenters. The minimum absolute atomic E-state index is 0.348. The third-order valence-electron chi connectivity index (χ3n) is 3.05. The molecule has 0 saturated heterocycles. The third kappa shape index (κ3) is 4.33. The number of unbranched alkanes of at least 4 members (excludes halogenated alkanes) is 2. The second-order valence-corrected chi connectivity index (χ2v) is 6.64. The van der Waals surface area contributed by atoms with E-state index in [1.807, 2.05) is 0 Å². The lowest BCUT2D eigenvalue weighted by Gasteiger charge is -2.14. The summed E-state index contributed by atoms with van der Waals surface area (Å²) in [7, 11) is -0.348. The van der Waals surface area contributed by atoms with E-state index in [9.17, 15) is 0 Å². The van der Waals surface area contributed by atoms with Crippen molar-refractivity contribution in [2.45, 2.75) is 26.2 Å². The monoisotopic (exact) mass is 268 g/mol. The van der Waals surface area contributed by atoms with Crippen LogP contribution in [0.4, 0.5) is 0 Å². The largest absolute Gasteiger partial charge is 0.0834 e. The Balaban J connectivity index is 2.22. The lowest BCUT2D eigenvalue weighted by atomic mass is 10.2. The lowest BCUT2D eigenvalue weighted by Crippen LogP contribution is -2.09. The summed E-state index contributed by atoms with van der Waals surface area (Å²) in [4.78, 5) is 0. The van der Waals surface area contributed by atoms with Crippen molar-refractivity contribution < 1.29 is 0 Å². The Labute approximate surface area is 117 Å². The molecule has 0 heterocycles. The highest BCUT2D eigenvalue weighted by Crippen LogP contribution is 2.35. The Bertz CT molecular complexity index is 448. The Morgan fingerprint density at radius 2 is 1.37 bits per heavy atom. The Hall–Kier alpha value is -1.39. The standard InChI is InChI=1S/C18H21P/c1-2-3-4-11-16-19(17-12-7-5-8-13-17)18-14-9-6-10-15-18/h5-16H,2-4H2,1H3/b16-11+. The minimum Gasteiger partial charge on any atom is -0.0834 e. The van der Waals surface area contributed by atoms with Gasteiger partial charge in [-0.25, -0.2) is 0 Å². The molecule has 1 heteroatoms. The average Bonchev–Trinajstić information content (AvgIpc) is 2.49. The van der Waals surface area contributed by atoms with Crippen molar-refractivity contribution in [3.63, 3.8) is 0 Å². The molecule has 2 aromatic rings. The Morgan fingerprint density at radius 1 is 0.842 bits per heavy atom. The zero-order chi connectivity index (χ0) is 13.3. The fourth-order valence-electron chi connectivity index (χ4n) is 2.00. The molecule has 0 aliphatic carbocycles. The maximum Gasteiger partial charge on any atom is -0.0157 e. The van der Waals surface area contributed by atoms with Gasteiger partial charge in [-0.2, -0.15) is 0 Å². The first-order valence-electron chi connectivity index (χ1n) is 6.98. The molecule has 0 N–H and O–H groups in total. The van der Waals surface area contributed by atoms with Crippen LogP contribution < -0.4 is 10.6 Å². The van der Waals surface area contributed by atoms with Gasteiger partial charge in [0.25, 0.3) is 0 Å². The van der Waals surface area contributed by atoms with Gasteiger partial charge in [0, 0.05) is 0 Å². The molecule has 98 valence electrons. The maximum atomic E-state index is 2.41. The third-order valence-corrected chi connectivity index (χ3v) is 5.27. The molecule has 0 aliphatic rings. The molecule has 19 heavy (non-hydrogen) atoms. The van der Waals surface area contributed by atoms with E-state index >= 15 is 0 Å². The van der Waals surface area contributed by atoms with Crippen LogP contribution in [-0.4, -0.2) is 0 Å². The SMILES string of the molecule is CCCC/C=C/P(c1ccccc1)c1ccccc1. The fraction of sp³-hybridized carbons (Fsp3) is 0.222. The fourth-order valence-corrected chi connectivity index (χ4v) is 3.99. The van der Waals surface area contributed by atoms with E-state index in [1.54, 1.807) is 0 Å². The summed E-state index contributed by atoms with van der Waals surface area (Å²) in [6.07, 6.45) is 6.09. The highest BCUT2D eigenvalue weighted by atomic mass is 31.1. The van der Waals surface area contributed by atoms with Crippen LogP contribution in [0.1, 0.15) is 26.2 Å². The molecule has 0 bridgehead atoms. The van der Waals surface area contributed by atoms with E-state index in [-0.39, 0.29) is 7.92 Å². The maximum absolute atomic E-state index is 2.41. The second kappa shape index (κ2) is 7.92. The molecule has 0 saturated carbocycles. The summed E-state index contributed by atoms with van der Waals surface area (Å²) in [5.41, 5.74) is 0.